The third-order valence-corrected chi connectivity index (χ3v) is 11.4. The van der Waals surface area contributed by atoms with Crippen molar-refractivity contribution in [3.8, 4) is 0 Å². The van der Waals surface area contributed by atoms with Crippen LogP contribution < -0.4 is 10.2 Å². The van der Waals surface area contributed by atoms with E-state index in [1.54, 1.807) is 0 Å². The van der Waals surface area contributed by atoms with Crippen molar-refractivity contribution in [1.29, 1.82) is 0 Å². The molecule has 0 N–H and O–H groups in total. The fraction of sp³-hybridized carbons (Fsp3) is 0.556. The number of hydrogen-bond donors (Lipinski definition) is 0. The minimum atomic E-state index is -0.920. The van der Waals surface area contributed by atoms with Crippen LogP contribution >= 0.6 is 0 Å². The summed E-state index contributed by atoms with van der Waals surface area (Å²) < 4.78 is 0. The van der Waals surface area contributed by atoms with E-state index in [9.17, 15) is 19.8 Å². The number of nitrogens with zero attached hydrogens (tertiary/aromatic N) is 2. The van der Waals surface area contributed by atoms with Gasteiger partial charge in [0.1, 0.15) is 0 Å². The van der Waals surface area contributed by atoms with E-state index in [2.05, 4.69) is 82.8 Å². The number of carbonyl (C=O) groups excluding carboxylic acids is 2. The molecule has 2 heterocycles. The third kappa shape index (κ3) is 27.0. The van der Waals surface area contributed by atoms with Crippen LogP contribution in [0, 0.1) is 0 Å². The Kier molecular flexibility index (Phi) is 32.2. The summed E-state index contributed by atoms with van der Waals surface area (Å²) in [7, 11) is 0. The van der Waals surface area contributed by atoms with Crippen LogP contribution in [0.15, 0.2) is 97.4 Å². The molecule has 0 spiro atoms. The zero-order valence-electron chi connectivity index (χ0n) is 37.3. The van der Waals surface area contributed by atoms with Gasteiger partial charge in [0.05, 0.1) is 11.0 Å². The molecule has 0 unspecified atom stereocenters. The van der Waals surface area contributed by atoms with Crippen molar-refractivity contribution in [2.45, 2.75) is 193 Å². The van der Waals surface area contributed by atoms with Crippen LogP contribution in [0.1, 0.15) is 191 Å². The Labute approximate surface area is 380 Å². The van der Waals surface area contributed by atoms with Crippen LogP contribution in [-0.2, 0) is 39.5 Å². The van der Waals surface area contributed by atoms with Crippen molar-refractivity contribution in [1.82, 2.24) is 9.97 Å². The van der Waals surface area contributed by atoms with E-state index < -0.39 is 11.9 Å². The van der Waals surface area contributed by atoms with E-state index in [1.165, 1.54) is 149 Å². The van der Waals surface area contributed by atoms with E-state index >= 15 is 0 Å². The molecule has 2 aromatic heterocycles. The Bertz CT molecular complexity index is 1630. The second kappa shape index (κ2) is 36.8. The third-order valence-electron chi connectivity index (χ3n) is 11.4. The Morgan fingerprint density at radius 3 is 1.03 bits per heavy atom. The predicted molar refractivity (Wildman–Crippen MR) is 248 cm³/mol. The fourth-order valence-corrected chi connectivity index (χ4v) is 7.90. The number of aryl methyl sites for hydroxylation is 2. The average Bonchev–Trinajstić information content (AvgIpc) is 3.26. The van der Waals surface area contributed by atoms with Gasteiger partial charge in [-0.2, -0.15) is 0 Å². The number of aromatic nitrogens is 2. The van der Waals surface area contributed by atoms with Gasteiger partial charge >= 0.3 is 17.1 Å². The number of aliphatic carboxylic acids is 2. The summed E-state index contributed by atoms with van der Waals surface area (Å²) in [6.07, 6.45) is 46.9. The molecule has 0 atom stereocenters. The molecule has 6 nitrogen and oxygen atoms in total. The Balaban J connectivity index is 0.000000413. The minimum Gasteiger partial charge on any atom is -0.550 e. The molecule has 0 saturated carbocycles. The van der Waals surface area contributed by atoms with Crippen LogP contribution in [0.5, 0.6) is 0 Å². The van der Waals surface area contributed by atoms with Crippen molar-refractivity contribution in [2.75, 3.05) is 0 Å². The van der Waals surface area contributed by atoms with Crippen molar-refractivity contribution < 1.29 is 36.9 Å². The fourth-order valence-electron chi connectivity index (χ4n) is 7.90. The molecular weight excluding hydrogens is 804 g/mol. The summed E-state index contributed by atoms with van der Waals surface area (Å²) in [6, 6.07) is 21.3. The number of unbranched alkanes of at least 4 members (excludes halogenated alkanes) is 22. The number of benzene rings is 2. The predicted octanol–water partition coefficient (Wildman–Crippen LogP) is 13.1. The van der Waals surface area contributed by atoms with E-state index in [0.29, 0.717) is 0 Å². The van der Waals surface area contributed by atoms with Gasteiger partial charge in [-0.05, 0) is 126 Å². The molecule has 0 fully saturated rings. The normalized spacial score (nSPS) is 11.3. The number of pyridine rings is 2. The maximum Gasteiger partial charge on any atom is 2.00 e. The van der Waals surface area contributed by atoms with Gasteiger partial charge in [-0.15, -0.1) is 0 Å². The van der Waals surface area contributed by atoms with Gasteiger partial charge < -0.3 is 19.8 Å². The summed E-state index contributed by atoms with van der Waals surface area (Å²) in [5, 5.41) is 23.1. The van der Waals surface area contributed by atoms with E-state index in [-0.39, 0.29) is 29.9 Å². The largest absolute Gasteiger partial charge is 2.00 e. The van der Waals surface area contributed by atoms with Gasteiger partial charge in [-0.1, -0.05) is 163 Å². The molecule has 7 heteroatoms. The molecule has 2 aromatic carbocycles. The van der Waals surface area contributed by atoms with Crippen molar-refractivity contribution in [3.05, 3.63) is 108 Å². The second-order valence-corrected chi connectivity index (χ2v) is 16.6. The first-order valence-corrected chi connectivity index (χ1v) is 23.9. The average molecular weight is 881 g/mol. The van der Waals surface area contributed by atoms with Crippen LogP contribution in [0.4, 0.5) is 0 Å². The van der Waals surface area contributed by atoms with Gasteiger partial charge in [-0.3, -0.25) is 9.97 Å². The SMILES string of the molecule is O=C([O-])CCCCCCCC=CCCCCCCCCc1cccc2cccnc12.O=C([O-])CCCCCCCC=CCCCCCCCCc1cccc2cccnc12.[Cu+2]. The van der Waals surface area contributed by atoms with Crippen molar-refractivity contribution in [2.24, 2.45) is 0 Å². The Morgan fingerprint density at radius 1 is 0.393 bits per heavy atom. The quantitative estimate of drug-likeness (QED) is 0.0263. The molecule has 337 valence electrons. The zero-order chi connectivity index (χ0) is 42.6. The van der Waals surface area contributed by atoms with Gasteiger partial charge in [-0.25, -0.2) is 0 Å². The standard InChI is InChI=1S/2C27H39NO2.Cu/c2*29-26(30)22-15-13-11-9-7-5-3-1-2-4-6-8-10-12-14-18-24-19-16-20-25-21-17-23-28-27(24)25;/h2*1,3,16-17,19-21,23H,2,4-15,18,22H2,(H,29,30);/q;;+2/p-2. The number of hydrogen-bond acceptors (Lipinski definition) is 6. The van der Waals surface area contributed by atoms with Crippen LogP contribution in [0.3, 0.4) is 0 Å². The summed E-state index contributed by atoms with van der Waals surface area (Å²) in [5.74, 6) is -1.84. The summed E-state index contributed by atoms with van der Waals surface area (Å²) >= 11 is 0. The summed E-state index contributed by atoms with van der Waals surface area (Å²) in [5.41, 5.74) is 5.11. The monoisotopic (exact) mass is 880 g/mol. The topological polar surface area (TPSA) is 106 Å². The number of carboxylic acids is 2. The number of rotatable bonds is 34. The maximum atomic E-state index is 10.3. The molecule has 1 radical (unpaired) electrons. The van der Waals surface area contributed by atoms with E-state index in [4.69, 9.17) is 0 Å². The van der Waals surface area contributed by atoms with Gasteiger partial charge in [0.2, 0.25) is 0 Å². The first kappa shape index (κ1) is 53.3. The molecule has 4 rings (SSSR count). The molecule has 0 aliphatic carbocycles. The number of allylic oxidation sites excluding steroid dienone is 4. The molecule has 0 aliphatic rings. The molecule has 0 amide bonds. The van der Waals surface area contributed by atoms with Gasteiger partial charge in [0.15, 0.2) is 0 Å². The van der Waals surface area contributed by atoms with Crippen LogP contribution in [0.25, 0.3) is 21.8 Å². The number of carboxylic acid groups (broad SMARTS) is 2. The summed E-state index contributed by atoms with van der Waals surface area (Å²) in [4.78, 5) is 29.7. The number of carbonyl (C=O) groups is 2. The first-order chi connectivity index (χ1) is 29.5. The van der Waals surface area contributed by atoms with Gasteiger partial charge in [0.25, 0.3) is 0 Å². The smallest absolute Gasteiger partial charge is 0.550 e. The van der Waals surface area contributed by atoms with Crippen LogP contribution in [-0.4, -0.2) is 21.9 Å². The van der Waals surface area contributed by atoms with Gasteiger partial charge in [0, 0.05) is 35.1 Å². The Morgan fingerprint density at radius 2 is 0.689 bits per heavy atom. The summed E-state index contributed by atoms with van der Waals surface area (Å²) in [6.45, 7) is 0. The first-order valence-electron chi connectivity index (χ1n) is 23.9. The molecule has 0 saturated heterocycles. The number of fused-ring (bicyclic) bond motifs is 2. The number of para-hydroxylation sites is 2. The second-order valence-electron chi connectivity index (χ2n) is 16.6. The maximum absolute atomic E-state index is 10.3. The molecule has 4 aromatic rings. The van der Waals surface area contributed by atoms with Crippen molar-refractivity contribution in [3.63, 3.8) is 0 Å². The molecule has 0 aliphatic heterocycles. The van der Waals surface area contributed by atoms with E-state index in [1.807, 2.05) is 24.5 Å². The van der Waals surface area contributed by atoms with E-state index in [0.717, 1.165) is 64.2 Å². The molecule has 61 heavy (non-hydrogen) atoms. The Hall–Kier alpha value is -3.80. The molecule has 0 bridgehead atoms. The van der Waals surface area contributed by atoms with Crippen LogP contribution in [0.2, 0.25) is 0 Å². The minimum absolute atomic E-state index is 0. The molecular formula is C54H76CuN2O4. The van der Waals surface area contributed by atoms with Crippen molar-refractivity contribution >= 4 is 33.7 Å². The zero-order valence-corrected chi connectivity index (χ0v) is 38.2.